The van der Waals surface area contributed by atoms with E-state index in [4.69, 9.17) is 4.74 Å². The normalized spacial score (nSPS) is 18.9. The van der Waals surface area contributed by atoms with E-state index in [2.05, 4.69) is 10.6 Å². The van der Waals surface area contributed by atoms with Crippen LogP contribution in [0.3, 0.4) is 0 Å². The standard InChI is InChI=1S/C22H29N5O5/c1-12-18(25-19(29)13(2)26(7)21(31)32-22(4,5)6)20(30)24-16-9-8-15(11-23)10-17(16)27(12)14(3)28/h8-10,12-13,18H,1-7H3,(H,24,30)(H,25,29). The predicted octanol–water partition coefficient (Wildman–Crippen LogP) is 1.99. The van der Waals surface area contributed by atoms with Crippen molar-refractivity contribution >= 4 is 35.2 Å². The Labute approximate surface area is 187 Å². The van der Waals surface area contributed by atoms with Gasteiger partial charge >= 0.3 is 6.09 Å². The molecule has 0 aliphatic carbocycles. The maximum absolute atomic E-state index is 12.9. The lowest BCUT2D eigenvalue weighted by molar-refractivity contribution is -0.130. The fraction of sp³-hybridized carbons (Fsp3) is 0.500. The van der Waals surface area contributed by atoms with Gasteiger partial charge in [-0.05, 0) is 52.8 Å². The van der Waals surface area contributed by atoms with Crippen molar-refractivity contribution in [3.05, 3.63) is 23.8 Å². The minimum atomic E-state index is -1.10. The number of carbonyl (C=O) groups is 4. The fourth-order valence-electron chi connectivity index (χ4n) is 3.29. The Morgan fingerprint density at radius 3 is 2.47 bits per heavy atom. The average Bonchev–Trinajstić information content (AvgIpc) is 2.79. The molecule has 2 N–H and O–H groups in total. The Morgan fingerprint density at radius 2 is 1.94 bits per heavy atom. The molecule has 172 valence electrons. The van der Waals surface area contributed by atoms with Crippen LogP contribution in [0.15, 0.2) is 18.2 Å². The summed E-state index contributed by atoms with van der Waals surface area (Å²) in [5.41, 5.74) is 0.319. The van der Waals surface area contributed by atoms with Gasteiger partial charge in [-0.15, -0.1) is 0 Å². The van der Waals surface area contributed by atoms with E-state index in [1.54, 1.807) is 27.7 Å². The highest BCUT2D eigenvalue weighted by Gasteiger charge is 2.39. The van der Waals surface area contributed by atoms with Crippen molar-refractivity contribution in [2.24, 2.45) is 0 Å². The monoisotopic (exact) mass is 443 g/mol. The first-order chi connectivity index (χ1) is 14.8. The molecule has 10 nitrogen and oxygen atoms in total. The van der Waals surface area contributed by atoms with Crippen molar-refractivity contribution in [1.29, 1.82) is 5.26 Å². The number of fused-ring (bicyclic) bond motifs is 1. The lowest BCUT2D eigenvalue weighted by atomic mass is 10.1. The molecule has 1 aliphatic heterocycles. The third-order valence-electron chi connectivity index (χ3n) is 5.10. The van der Waals surface area contributed by atoms with Gasteiger partial charge in [0.05, 0.1) is 29.0 Å². The van der Waals surface area contributed by atoms with Gasteiger partial charge in [0.1, 0.15) is 17.7 Å². The molecule has 1 heterocycles. The SMILES string of the molecule is CC(=O)N1c2cc(C#N)ccc2NC(=O)C(NC(=O)C(C)N(C)C(=O)OC(C)(C)C)C1C. The summed E-state index contributed by atoms with van der Waals surface area (Å²) in [4.78, 5) is 53.1. The molecule has 1 aliphatic rings. The van der Waals surface area contributed by atoms with E-state index in [1.165, 1.54) is 44.0 Å². The molecule has 0 radical (unpaired) electrons. The average molecular weight is 444 g/mol. The number of hydrogen-bond donors (Lipinski definition) is 2. The van der Waals surface area contributed by atoms with Crippen molar-refractivity contribution in [2.75, 3.05) is 17.3 Å². The number of hydrogen-bond acceptors (Lipinski definition) is 6. The highest BCUT2D eigenvalue weighted by Crippen LogP contribution is 2.32. The van der Waals surface area contributed by atoms with Crippen LogP contribution in [0.2, 0.25) is 0 Å². The largest absolute Gasteiger partial charge is 0.444 e. The first-order valence-corrected chi connectivity index (χ1v) is 10.2. The molecule has 0 saturated heterocycles. The minimum absolute atomic E-state index is 0.326. The van der Waals surface area contributed by atoms with Gasteiger partial charge in [0.25, 0.3) is 0 Å². The van der Waals surface area contributed by atoms with Crippen LogP contribution in [0, 0.1) is 11.3 Å². The summed E-state index contributed by atoms with van der Waals surface area (Å²) < 4.78 is 5.28. The van der Waals surface area contributed by atoms with Gasteiger partial charge in [0, 0.05) is 14.0 Å². The third-order valence-corrected chi connectivity index (χ3v) is 5.10. The molecule has 0 fully saturated rings. The van der Waals surface area contributed by atoms with Gasteiger partial charge in [-0.3, -0.25) is 19.3 Å². The Balaban J connectivity index is 2.29. The number of benzene rings is 1. The van der Waals surface area contributed by atoms with Gasteiger partial charge < -0.3 is 20.3 Å². The number of ether oxygens (including phenoxy) is 1. The van der Waals surface area contributed by atoms with E-state index in [0.29, 0.717) is 16.9 Å². The molecule has 3 atom stereocenters. The van der Waals surface area contributed by atoms with Crippen molar-refractivity contribution in [3.8, 4) is 6.07 Å². The molecule has 1 aromatic rings. The molecule has 0 bridgehead atoms. The number of carbonyl (C=O) groups excluding carboxylic acids is 4. The van der Waals surface area contributed by atoms with Crippen molar-refractivity contribution in [3.63, 3.8) is 0 Å². The Kier molecular flexibility index (Phi) is 7.13. The third kappa shape index (κ3) is 5.35. The van der Waals surface area contributed by atoms with E-state index in [9.17, 15) is 24.4 Å². The fourth-order valence-corrected chi connectivity index (χ4v) is 3.29. The lowest BCUT2D eigenvalue weighted by Crippen LogP contribution is -2.59. The first-order valence-electron chi connectivity index (χ1n) is 10.2. The minimum Gasteiger partial charge on any atom is -0.444 e. The summed E-state index contributed by atoms with van der Waals surface area (Å²) in [5, 5.41) is 14.6. The van der Waals surface area contributed by atoms with E-state index in [-0.39, 0.29) is 5.91 Å². The summed E-state index contributed by atoms with van der Waals surface area (Å²) in [6.07, 6.45) is -0.680. The van der Waals surface area contributed by atoms with Crippen LogP contribution in [0.4, 0.5) is 16.2 Å². The zero-order valence-electron chi connectivity index (χ0n) is 19.3. The molecule has 1 aromatic carbocycles. The summed E-state index contributed by atoms with van der Waals surface area (Å²) in [7, 11) is 1.43. The van der Waals surface area contributed by atoms with Crippen LogP contribution in [0.5, 0.6) is 0 Å². The maximum Gasteiger partial charge on any atom is 0.410 e. The van der Waals surface area contributed by atoms with E-state index in [0.717, 1.165) is 4.90 Å². The second-order valence-electron chi connectivity index (χ2n) is 8.72. The van der Waals surface area contributed by atoms with Gasteiger partial charge in [-0.2, -0.15) is 5.26 Å². The molecule has 0 spiro atoms. The smallest absolute Gasteiger partial charge is 0.410 e. The number of anilines is 2. The maximum atomic E-state index is 12.9. The topological polar surface area (TPSA) is 132 Å². The molecule has 0 saturated carbocycles. The van der Waals surface area contributed by atoms with Gasteiger partial charge in [0.15, 0.2) is 0 Å². The number of rotatable bonds is 3. The molecular formula is C22H29N5O5. The number of likely N-dealkylation sites (N-methyl/N-ethyl adjacent to an activating group) is 1. The summed E-state index contributed by atoms with van der Waals surface area (Å²) in [6.45, 7) is 9.62. The highest BCUT2D eigenvalue weighted by molar-refractivity contribution is 6.07. The van der Waals surface area contributed by atoms with Gasteiger partial charge in [0.2, 0.25) is 17.7 Å². The highest BCUT2D eigenvalue weighted by atomic mass is 16.6. The van der Waals surface area contributed by atoms with Crippen LogP contribution >= 0.6 is 0 Å². The zero-order chi connectivity index (χ0) is 24.4. The number of nitriles is 1. The Hall–Kier alpha value is -3.61. The van der Waals surface area contributed by atoms with Crippen LogP contribution < -0.4 is 15.5 Å². The predicted molar refractivity (Wildman–Crippen MR) is 118 cm³/mol. The van der Waals surface area contributed by atoms with Crippen molar-refractivity contribution in [2.45, 2.75) is 65.3 Å². The quantitative estimate of drug-likeness (QED) is 0.734. The lowest BCUT2D eigenvalue weighted by Gasteiger charge is -2.33. The Bertz CT molecular complexity index is 978. The molecule has 32 heavy (non-hydrogen) atoms. The van der Waals surface area contributed by atoms with Crippen LogP contribution in [-0.2, 0) is 19.1 Å². The van der Waals surface area contributed by atoms with E-state index >= 15 is 0 Å². The van der Waals surface area contributed by atoms with Crippen LogP contribution in [0.1, 0.15) is 47.1 Å². The molecule has 2 rings (SSSR count). The number of nitrogens with zero attached hydrogens (tertiary/aromatic N) is 3. The van der Waals surface area contributed by atoms with Crippen LogP contribution in [0.25, 0.3) is 0 Å². The number of nitrogens with one attached hydrogen (secondary N) is 2. The number of amides is 4. The van der Waals surface area contributed by atoms with Gasteiger partial charge in [-0.25, -0.2) is 4.79 Å². The second-order valence-corrected chi connectivity index (χ2v) is 8.72. The molecule has 3 unspecified atom stereocenters. The second kappa shape index (κ2) is 9.26. The first kappa shape index (κ1) is 24.7. The molecule has 0 aromatic heterocycles. The summed E-state index contributed by atoms with van der Waals surface area (Å²) in [6, 6.07) is 3.79. The van der Waals surface area contributed by atoms with Crippen molar-refractivity contribution < 1.29 is 23.9 Å². The molecular weight excluding hydrogens is 414 g/mol. The summed E-state index contributed by atoms with van der Waals surface area (Å²) in [5.74, 6) is -1.46. The Morgan fingerprint density at radius 1 is 1.31 bits per heavy atom. The van der Waals surface area contributed by atoms with E-state index < -0.39 is 41.6 Å². The van der Waals surface area contributed by atoms with Crippen molar-refractivity contribution in [1.82, 2.24) is 10.2 Å². The molecule has 4 amide bonds. The van der Waals surface area contributed by atoms with Gasteiger partial charge in [-0.1, -0.05) is 0 Å². The van der Waals surface area contributed by atoms with E-state index in [1.807, 2.05) is 6.07 Å². The summed E-state index contributed by atoms with van der Waals surface area (Å²) >= 11 is 0. The molecule has 10 heteroatoms. The van der Waals surface area contributed by atoms with Crippen LogP contribution in [-0.4, -0.2) is 59.5 Å². The zero-order valence-corrected chi connectivity index (χ0v) is 19.3.